The standard InChI is InChI=1S/C11H20N2O/c1-9(2)11(8-14)13(3)7-10-4-5-12-6-10/h4-6,9,11-12,14H,7-8H2,1-3H3. The zero-order chi connectivity index (χ0) is 10.6. The van der Waals surface area contributed by atoms with Gasteiger partial charge in [-0.25, -0.2) is 0 Å². The summed E-state index contributed by atoms with van der Waals surface area (Å²) in [6.07, 6.45) is 3.91. The number of aliphatic hydroxyl groups excluding tert-OH is 1. The highest BCUT2D eigenvalue weighted by atomic mass is 16.3. The van der Waals surface area contributed by atoms with Crippen LogP contribution in [0.15, 0.2) is 18.5 Å². The van der Waals surface area contributed by atoms with Gasteiger partial charge in [-0.2, -0.15) is 0 Å². The third kappa shape index (κ3) is 2.86. The van der Waals surface area contributed by atoms with Crippen LogP contribution in [-0.2, 0) is 6.54 Å². The van der Waals surface area contributed by atoms with Crippen molar-refractivity contribution >= 4 is 0 Å². The van der Waals surface area contributed by atoms with Crippen LogP contribution in [0.3, 0.4) is 0 Å². The van der Waals surface area contributed by atoms with E-state index in [2.05, 4.69) is 29.8 Å². The maximum Gasteiger partial charge on any atom is 0.0589 e. The van der Waals surface area contributed by atoms with E-state index in [0.717, 1.165) is 6.54 Å². The van der Waals surface area contributed by atoms with Crippen LogP contribution < -0.4 is 0 Å². The molecule has 3 nitrogen and oxygen atoms in total. The number of hydrogen-bond acceptors (Lipinski definition) is 2. The molecule has 0 amide bonds. The Balaban J connectivity index is 2.51. The van der Waals surface area contributed by atoms with Crippen molar-refractivity contribution in [3.63, 3.8) is 0 Å². The Morgan fingerprint density at radius 2 is 2.21 bits per heavy atom. The van der Waals surface area contributed by atoms with Crippen LogP contribution in [0.2, 0.25) is 0 Å². The first-order valence-corrected chi connectivity index (χ1v) is 5.08. The number of hydrogen-bond donors (Lipinski definition) is 2. The van der Waals surface area contributed by atoms with E-state index in [1.165, 1.54) is 5.56 Å². The smallest absolute Gasteiger partial charge is 0.0589 e. The van der Waals surface area contributed by atoms with Gasteiger partial charge >= 0.3 is 0 Å². The summed E-state index contributed by atoms with van der Waals surface area (Å²) < 4.78 is 0. The Morgan fingerprint density at radius 3 is 2.64 bits per heavy atom. The number of nitrogens with zero attached hydrogens (tertiary/aromatic N) is 1. The van der Waals surface area contributed by atoms with E-state index < -0.39 is 0 Å². The lowest BCUT2D eigenvalue weighted by atomic mass is 10.0. The lowest BCUT2D eigenvalue weighted by Gasteiger charge is -2.29. The van der Waals surface area contributed by atoms with E-state index in [4.69, 9.17) is 0 Å². The van der Waals surface area contributed by atoms with Gasteiger partial charge in [0.1, 0.15) is 0 Å². The first-order valence-electron chi connectivity index (χ1n) is 5.08. The second-order valence-electron chi connectivity index (χ2n) is 4.13. The van der Waals surface area contributed by atoms with Crippen molar-refractivity contribution in [2.24, 2.45) is 5.92 Å². The molecule has 1 unspecified atom stereocenters. The molecule has 1 aromatic heterocycles. The molecule has 0 aliphatic carbocycles. The van der Waals surface area contributed by atoms with Gasteiger partial charge in [0.25, 0.3) is 0 Å². The Kier molecular flexibility index (Phi) is 4.17. The van der Waals surface area contributed by atoms with Crippen molar-refractivity contribution in [1.82, 2.24) is 9.88 Å². The Labute approximate surface area is 85.7 Å². The van der Waals surface area contributed by atoms with Crippen LogP contribution in [-0.4, -0.2) is 34.7 Å². The number of aliphatic hydroxyl groups is 1. The monoisotopic (exact) mass is 196 g/mol. The Bertz CT molecular complexity index is 244. The minimum atomic E-state index is 0.221. The van der Waals surface area contributed by atoms with Crippen LogP contribution in [0.25, 0.3) is 0 Å². The molecule has 0 saturated heterocycles. The largest absolute Gasteiger partial charge is 0.395 e. The number of rotatable bonds is 5. The molecular weight excluding hydrogens is 176 g/mol. The molecule has 80 valence electrons. The molecule has 14 heavy (non-hydrogen) atoms. The Hall–Kier alpha value is -0.800. The number of aromatic nitrogens is 1. The van der Waals surface area contributed by atoms with Gasteiger partial charge in [0.05, 0.1) is 6.61 Å². The summed E-state index contributed by atoms with van der Waals surface area (Å²) >= 11 is 0. The number of aromatic amines is 1. The predicted molar refractivity (Wildman–Crippen MR) is 58.0 cm³/mol. The maximum atomic E-state index is 9.25. The minimum Gasteiger partial charge on any atom is -0.395 e. The fourth-order valence-electron chi connectivity index (χ4n) is 1.72. The van der Waals surface area contributed by atoms with Crippen molar-refractivity contribution in [1.29, 1.82) is 0 Å². The van der Waals surface area contributed by atoms with Gasteiger partial charge in [-0.05, 0) is 24.6 Å². The SMILES string of the molecule is CC(C)C(CO)N(C)Cc1cc[nH]c1. The topological polar surface area (TPSA) is 39.3 Å². The van der Waals surface area contributed by atoms with Crippen LogP contribution in [0, 0.1) is 5.92 Å². The second-order valence-corrected chi connectivity index (χ2v) is 4.13. The van der Waals surface area contributed by atoms with Gasteiger partial charge in [-0.3, -0.25) is 4.90 Å². The normalized spacial score (nSPS) is 13.9. The molecule has 0 bridgehead atoms. The van der Waals surface area contributed by atoms with Gasteiger partial charge in [0.2, 0.25) is 0 Å². The molecule has 1 aromatic rings. The summed E-state index contributed by atoms with van der Waals surface area (Å²) in [5.74, 6) is 0.476. The summed E-state index contributed by atoms with van der Waals surface area (Å²) in [6, 6.07) is 2.30. The van der Waals surface area contributed by atoms with E-state index in [1.807, 2.05) is 19.4 Å². The fraction of sp³-hybridized carbons (Fsp3) is 0.636. The van der Waals surface area contributed by atoms with Gasteiger partial charge in [0.15, 0.2) is 0 Å². The van der Waals surface area contributed by atoms with Gasteiger partial charge in [-0.15, -0.1) is 0 Å². The molecule has 0 aliphatic rings. The van der Waals surface area contributed by atoms with Crippen molar-refractivity contribution in [2.75, 3.05) is 13.7 Å². The van der Waals surface area contributed by atoms with Crippen molar-refractivity contribution < 1.29 is 5.11 Å². The zero-order valence-corrected chi connectivity index (χ0v) is 9.20. The average molecular weight is 196 g/mol. The summed E-state index contributed by atoms with van der Waals surface area (Å²) in [6.45, 7) is 5.37. The highest BCUT2D eigenvalue weighted by Crippen LogP contribution is 2.11. The van der Waals surface area contributed by atoms with Crippen molar-refractivity contribution in [2.45, 2.75) is 26.4 Å². The predicted octanol–water partition coefficient (Wildman–Crippen LogP) is 1.46. The maximum absolute atomic E-state index is 9.25. The van der Waals surface area contributed by atoms with Crippen LogP contribution in [0.5, 0.6) is 0 Å². The highest BCUT2D eigenvalue weighted by molar-refractivity contribution is 5.08. The molecule has 1 heterocycles. The number of nitrogens with one attached hydrogen (secondary N) is 1. The van der Waals surface area contributed by atoms with E-state index in [-0.39, 0.29) is 12.6 Å². The van der Waals surface area contributed by atoms with Crippen molar-refractivity contribution in [3.05, 3.63) is 24.0 Å². The lowest BCUT2D eigenvalue weighted by molar-refractivity contribution is 0.108. The molecule has 0 aliphatic heterocycles. The van der Waals surface area contributed by atoms with Gasteiger partial charge < -0.3 is 10.1 Å². The second kappa shape index (κ2) is 5.17. The molecular formula is C11H20N2O. The van der Waals surface area contributed by atoms with E-state index in [1.54, 1.807) is 0 Å². The van der Waals surface area contributed by atoms with E-state index in [0.29, 0.717) is 5.92 Å². The summed E-state index contributed by atoms with van der Waals surface area (Å²) in [4.78, 5) is 5.22. The van der Waals surface area contributed by atoms with E-state index >= 15 is 0 Å². The molecule has 0 radical (unpaired) electrons. The van der Waals surface area contributed by atoms with Gasteiger partial charge in [0, 0.05) is 25.0 Å². The highest BCUT2D eigenvalue weighted by Gasteiger charge is 2.17. The first-order chi connectivity index (χ1) is 6.65. The average Bonchev–Trinajstić information content (AvgIpc) is 2.57. The fourth-order valence-corrected chi connectivity index (χ4v) is 1.72. The zero-order valence-electron chi connectivity index (χ0n) is 9.20. The molecule has 3 heteroatoms. The molecule has 2 N–H and O–H groups in total. The Morgan fingerprint density at radius 1 is 1.50 bits per heavy atom. The summed E-state index contributed by atoms with van der Waals surface area (Å²) in [7, 11) is 2.05. The van der Waals surface area contributed by atoms with Crippen LogP contribution in [0.4, 0.5) is 0 Å². The number of H-pyrrole nitrogens is 1. The van der Waals surface area contributed by atoms with Crippen LogP contribution in [0.1, 0.15) is 19.4 Å². The van der Waals surface area contributed by atoms with Crippen molar-refractivity contribution in [3.8, 4) is 0 Å². The lowest BCUT2D eigenvalue weighted by Crippen LogP contribution is -2.38. The van der Waals surface area contributed by atoms with Crippen LogP contribution >= 0.6 is 0 Å². The minimum absolute atomic E-state index is 0.221. The molecule has 0 saturated carbocycles. The molecule has 0 aromatic carbocycles. The summed E-state index contributed by atoms with van der Waals surface area (Å²) in [5, 5.41) is 9.25. The molecule has 0 spiro atoms. The first kappa shape index (κ1) is 11.3. The number of likely N-dealkylation sites (N-methyl/N-ethyl adjacent to an activating group) is 1. The quantitative estimate of drug-likeness (QED) is 0.748. The summed E-state index contributed by atoms with van der Waals surface area (Å²) in [5.41, 5.74) is 1.26. The van der Waals surface area contributed by atoms with Gasteiger partial charge in [-0.1, -0.05) is 13.8 Å². The third-order valence-electron chi connectivity index (χ3n) is 2.62. The molecule has 1 atom stereocenters. The van der Waals surface area contributed by atoms with E-state index in [9.17, 15) is 5.11 Å². The third-order valence-corrected chi connectivity index (χ3v) is 2.62. The molecule has 1 rings (SSSR count). The molecule has 0 fully saturated rings.